The van der Waals surface area contributed by atoms with Gasteiger partial charge in [0.25, 0.3) is 17.7 Å². The quantitative estimate of drug-likeness (QED) is 0.461. The lowest BCUT2D eigenvalue weighted by Gasteiger charge is -2.37. The summed E-state index contributed by atoms with van der Waals surface area (Å²) in [7, 11) is 1.55. The number of nitrogens with one attached hydrogen (secondary N) is 2. The summed E-state index contributed by atoms with van der Waals surface area (Å²) >= 11 is 6.09. The van der Waals surface area contributed by atoms with E-state index in [1.165, 1.54) is 0 Å². The Morgan fingerprint density at radius 2 is 1.49 bits per heavy atom. The van der Waals surface area contributed by atoms with Crippen molar-refractivity contribution < 1.29 is 19.1 Å². The Labute approximate surface area is 245 Å². The smallest absolute Gasteiger partial charge is 0.255 e. The minimum atomic E-state index is -0.302. The van der Waals surface area contributed by atoms with Crippen LogP contribution in [-0.4, -0.2) is 87.0 Å². The van der Waals surface area contributed by atoms with Crippen LogP contribution in [0.15, 0.2) is 66.7 Å². The summed E-state index contributed by atoms with van der Waals surface area (Å²) < 4.78 is 5.29. The molecule has 3 aromatic carbocycles. The van der Waals surface area contributed by atoms with Crippen LogP contribution in [0.5, 0.6) is 5.75 Å². The Hall–Kier alpha value is -4.08. The van der Waals surface area contributed by atoms with Crippen molar-refractivity contribution >= 4 is 40.7 Å². The Morgan fingerprint density at radius 1 is 0.780 bits per heavy atom. The molecular formula is C31H34ClN5O4. The van der Waals surface area contributed by atoms with E-state index in [-0.39, 0.29) is 17.7 Å². The number of carbonyl (C=O) groups is 3. The van der Waals surface area contributed by atoms with Gasteiger partial charge in [-0.2, -0.15) is 0 Å². The van der Waals surface area contributed by atoms with Gasteiger partial charge in [0.05, 0.1) is 18.5 Å². The molecule has 3 aromatic rings. The lowest BCUT2D eigenvalue weighted by Crippen LogP contribution is -2.49. The zero-order valence-electron chi connectivity index (χ0n) is 23.1. The number of rotatable bonds is 6. The zero-order chi connectivity index (χ0) is 28.8. The largest absolute Gasteiger partial charge is 0.497 e. The van der Waals surface area contributed by atoms with Gasteiger partial charge < -0.3 is 30.1 Å². The van der Waals surface area contributed by atoms with E-state index >= 15 is 0 Å². The highest BCUT2D eigenvalue weighted by atomic mass is 35.5. The molecule has 2 aliphatic heterocycles. The highest BCUT2D eigenvalue weighted by molar-refractivity contribution is 6.31. The van der Waals surface area contributed by atoms with Crippen LogP contribution in [0, 0.1) is 0 Å². The standard InChI is InChI=1S/C31H34ClN5O4/c1-41-26-8-3-5-22(20-26)29(38)34-27-21-24(31(40)36-13-4-11-33-12-14-36)9-10-28(27)35-15-17-37(18-16-35)30(39)23-6-2-7-25(32)19-23/h2-3,5-10,19-21,33H,4,11-18H2,1H3,(H,34,38). The van der Waals surface area contributed by atoms with Gasteiger partial charge in [-0.1, -0.05) is 23.7 Å². The third-order valence-corrected chi connectivity index (χ3v) is 7.67. The van der Waals surface area contributed by atoms with E-state index < -0.39 is 0 Å². The van der Waals surface area contributed by atoms with E-state index in [2.05, 4.69) is 15.5 Å². The Balaban J connectivity index is 1.38. The maximum atomic E-state index is 13.4. The van der Waals surface area contributed by atoms with Crippen molar-refractivity contribution in [2.75, 3.05) is 69.7 Å². The molecule has 0 aliphatic carbocycles. The molecule has 5 rings (SSSR count). The molecule has 41 heavy (non-hydrogen) atoms. The second-order valence-corrected chi connectivity index (χ2v) is 10.5. The van der Waals surface area contributed by atoms with Crippen LogP contribution >= 0.6 is 11.6 Å². The highest BCUT2D eigenvalue weighted by Crippen LogP contribution is 2.30. The van der Waals surface area contributed by atoms with Gasteiger partial charge in [-0.15, -0.1) is 0 Å². The van der Waals surface area contributed by atoms with Gasteiger partial charge in [-0.3, -0.25) is 14.4 Å². The van der Waals surface area contributed by atoms with Crippen molar-refractivity contribution in [2.24, 2.45) is 0 Å². The lowest BCUT2D eigenvalue weighted by molar-refractivity contribution is 0.0743. The van der Waals surface area contributed by atoms with Gasteiger partial charge in [0.2, 0.25) is 0 Å². The molecule has 2 saturated heterocycles. The van der Waals surface area contributed by atoms with Crippen LogP contribution < -0.4 is 20.3 Å². The van der Waals surface area contributed by atoms with Crippen molar-refractivity contribution in [3.63, 3.8) is 0 Å². The zero-order valence-corrected chi connectivity index (χ0v) is 23.8. The fourth-order valence-corrected chi connectivity index (χ4v) is 5.38. The first-order valence-corrected chi connectivity index (χ1v) is 14.2. The molecule has 0 saturated carbocycles. The summed E-state index contributed by atoms with van der Waals surface area (Å²) in [6, 6.07) is 19.4. The molecule has 0 bridgehead atoms. The van der Waals surface area contributed by atoms with Gasteiger partial charge in [0.15, 0.2) is 0 Å². The van der Waals surface area contributed by atoms with E-state index in [4.69, 9.17) is 16.3 Å². The van der Waals surface area contributed by atoms with Gasteiger partial charge in [-0.05, 0) is 67.6 Å². The molecule has 2 heterocycles. The predicted octanol–water partition coefficient (Wildman–Crippen LogP) is 4.00. The van der Waals surface area contributed by atoms with E-state index in [1.54, 1.807) is 61.7 Å². The highest BCUT2D eigenvalue weighted by Gasteiger charge is 2.26. The third-order valence-electron chi connectivity index (χ3n) is 7.43. The molecule has 0 spiro atoms. The molecule has 2 fully saturated rings. The summed E-state index contributed by atoms with van der Waals surface area (Å²) in [6.07, 6.45) is 0.890. The summed E-state index contributed by atoms with van der Waals surface area (Å²) in [6.45, 7) is 5.11. The summed E-state index contributed by atoms with van der Waals surface area (Å²) in [5.41, 5.74) is 2.87. The topological polar surface area (TPSA) is 94.2 Å². The number of carbonyl (C=O) groups excluding carboxylic acids is 3. The van der Waals surface area contributed by atoms with E-state index in [1.807, 2.05) is 21.9 Å². The molecule has 0 radical (unpaired) electrons. The Kier molecular flexibility index (Phi) is 9.06. The summed E-state index contributed by atoms with van der Waals surface area (Å²) in [5.74, 6) is 0.154. The van der Waals surface area contributed by atoms with E-state index in [9.17, 15) is 14.4 Å². The van der Waals surface area contributed by atoms with Crippen molar-refractivity contribution in [3.8, 4) is 5.75 Å². The predicted molar refractivity (Wildman–Crippen MR) is 160 cm³/mol. The number of hydrogen-bond donors (Lipinski definition) is 2. The van der Waals surface area contributed by atoms with Crippen molar-refractivity contribution in [3.05, 3.63) is 88.4 Å². The molecule has 0 atom stereocenters. The molecule has 2 N–H and O–H groups in total. The number of hydrogen-bond acceptors (Lipinski definition) is 6. The van der Waals surface area contributed by atoms with Gasteiger partial charge in [0.1, 0.15) is 5.75 Å². The van der Waals surface area contributed by atoms with E-state index in [0.29, 0.717) is 72.4 Å². The molecule has 9 nitrogen and oxygen atoms in total. The Morgan fingerprint density at radius 3 is 2.24 bits per heavy atom. The monoisotopic (exact) mass is 575 g/mol. The maximum Gasteiger partial charge on any atom is 0.255 e. The number of piperazine rings is 1. The van der Waals surface area contributed by atoms with Gasteiger partial charge in [-0.25, -0.2) is 0 Å². The molecule has 0 aromatic heterocycles. The van der Waals surface area contributed by atoms with Gasteiger partial charge in [0, 0.05) is 67.5 Å². The summed E-state index contributed by atoms with van der Waals surface area (Å²) in [4.78, 5) is 45.6. The minimum absolute atomic E-state index is 0.0610. The first kappa shape index (κ1) is 28.4. The van der Waals surface area contributed by atoms with Gasteiger partial charge >= 0.3 is 0 Å². The molecular weight excluding hydrogens is 542 g/mol. The van der Waals surface area contributed by atoms with E-state index in [0.717, 1.165) is 25.2 Å². The average Bonchev–Trinajstić information content (AvgIpc) is 3.30. The first-order valence-electron chi connectivity index (χ1n) is 13.8. The van der Waals surface area contributed by atoms with Crippen molar-refractivity contribution in [1.29, 1.82) is 0 Å². The first-order chi connectivity index (χ1) is 19.9. The van der Waals surface area contributed by atoms with Crippen LogP contribution in [0.25, 0.3) is 0 Å². The SMILES string of the molecule is COc1cccc(C(=O)Nc2cc(C(=O)N3CCCNCC3)ccc2N2CCN(C(=O)c3cccc(Cl)c3)CC2)c1. The second kappa shape index (κ2) is 13.1. The normalized spacial score (nSPS) is 15.7. The minimum Gasteiger partial charge on any atom is -0.497 e. The van der Waals surface area contributed by atoms with Crippen LogP contribution in [0.1, 0.15) is 37.5 Å². The third kappa shape index (κ3) is 6.81. The number of nitrogens with zero attached hydrogens (tertiary/aromatic N) is 3. The fraction of sp³-hybridized carbons (Fsp3) is 0.323. The van der Waals surface area contributed by atoms with Crippen LogP contribution in [0.2, 0.25) is 5.02 Å². The van der Waals surface area contributed by atoms with Crippen molar-refractivity contribution in [1.82, 2.24) is 15.1 Å². The number of halogens is 1. The number of methoxy groups -OCH3 is 1. The van der Waals surface area contributed by atoms with Crippen LogP contribution in [-0.2, 0) is 0 Å². The molecule has 214 valence electrons. The van der Waals surface area contributed by atoms with Crippen LogP contribution in [0.3, 0.4) is 0 Å². The van der Waals surface area contributed by atoms with Crippen molar-refractivity contribution in [2.45, 2.75) is 6.42 Å². The molecule has 10 heteroatoms. The number of anilines is 2. The number of benzene rings is 3. The maximum absolute atomic E-state index is 13.4. The Bertz CT molecular complexity index is 1420. The average molecular weight is 576 g/mol. The lowest BCUT2D eigenvalue weighted by atomic mass is 10.1. The summed E-state index contributed by atoms with van der Waals surface area (Å²) in [5, 5.41) is 6.89. The second-order valence-electron chi connectivity index (χ2n) is 10.1. The molecule has 0 unspecified atom stereocenters. The molecule has 2 aliphatic rings. The van der Waals surface area contributed by atoms with Crippen LogP contribution in [0.4, 0.5) is 11.4 Å². The molecule has 3 amide bonds. The number of amides is 3. The fourth-order valence-electron chi connectivity index (χ4n) is 5.19. The number of ether oxygens (including phenoxy) is 1.